The van der Waals surface area contributed by atoms with Crippen LogP contribution in [0, 0.1) is 5.92 Å². The van der Waals surface area contributed by atoms with Crippen LogP contribution >= 0.6 is 0 Å². The molecule has 7 heteroatoms. The molecular formula is C18H23N3O4. The zero-order valence-electron chi connectivity index (χ0n) is 14.6. The fourth-order valence-electron chi connectivity index (χ4n) is 2.61. The fraction of sp³-hybridized carbons (Fsp3) is 0.389. The summed E-state index contributed by atoms with van der Waals surface area (Å²) in [5.74, 6) is -2.05. The highest BCUT2D eigenvalue weighted by atomic mass is 16.4. The van der Waals surface area contributed by atoms with Gasteiger partial charge >= 0.3 is 5.97 Å². The molecule has 1 atom stereocenters. The Morgan fingerprint density at radius 2 is 1.92 bits per heavy atom. The fourth-order valence-corrected chi connectivity index (χ4v) is 2.61. The van der Waals surface area contributed by atoms with Crippen molar-refractivity contribution in [3.63, 3.8) is 0 Å². The van der Waals surface area contributed by atoms with Crippen molar-refractivity contribution in [2.24, 2.45) is 5.92 Å². The van der Waals surface area contributed by atoms with Crippen LogP contribution in [0.3, 0.4) is 0 Å². The molecule has 1 aromatic heterocycles. The van der Waals surface area contributed by atoms with Crippen molar-refractivity contribution < 1.29 is 19.5 Å². The second-order valence-electron chi connectivity index (χ2n) is 6.37. The zero-order chi connectivity index (χ0) is 18.6. The molecule has 0 bridgehead atoms. The van der Waals surface area contributed by atoms with E-state index in [0.717, 1.165) is 21.4 Å². The summed E-state index contributed by atoms with van der Waals surface area (Å²) in [7, 11) is 1.42. The second-order valence-corrected chi connectivity index (χ2v) is 6.37. The van der Waals surface area contributed by atoms with Gasteiger partial charge in [0.05, 0.1) is 0 Å². The van der Waals surface area contributed by atoms with Gasteiger partial charge in [-0.2, -0.15) is 0 Å². The Morgan fingerprint density at radius 3 is 2.56 bits per heavy atom. The minimum Gasteiger partial charge on any atom is -0.480 e. The van der Waals surface area contributed by atoms with E-state index in [-0.39, 0.29) is 18.2 Å². The van der Waals surface area contributed by atoms with Gasteiger partial charge in [0.25, 0.3) is 0 Å². The number of carbonyl (C=O) groups is 3. The number of nitrogens with zero attached hydrogens (tertiary/aromatic N) is 1. The van der Waals surface area contributed by atoms with Crippen molar-refractivity contribution in [2.45, 2.75) is 26.3 Å². The standard InChI is InChI=1S/C18H23N3O4/c1-11(2)17(24)20-15(18(25)21(3)10-16(22)23)8-12-9-19-14-7-5-4-6-13(12)14/h4-7,9,11,15,19H,8,10H2,1-3H3,(H,20,24)(H,22,23). The van der Waals surface area contributed by atoms with Crippen molar-refractivity contribution in [1.29, 1.82) is 0 Å². The number of aliphatic carboxylic acids is 1. The van der Waals surface area contributed by atoms with Gasteiger partial charge in [0.2, 0.25) is 11.8 Å². The number of hydrogen-bond acceptors (Lipinski definition) is 3. The number of benzene rings is 1. The van der Waals surface area contributed by atoms with Gasteiger partial charge in [-0.25, -0.2) is 0 Å². The molecule has 0 aliphatic rings. The Bertz CT molecular complexity index is 781. The zero-order valence-corrected chi connectivity index (χ0v) is 14.6. The molecule has 0 fully saturated rings. The maximum absolute atomic E-state index is 12.6. The first-order valence-electron chi connectivity index (χ1n) is 8.11. The largest absolute Gasteiger partial charge is 0.480 e. The Balaban J connectivity index is 2.26. The molecule has 0 aliphatic carbocycles. The second kappa shape index (κ2) is 7.83. The van der Waals surface area contributed by atoms with Gasteiger partial charge in [0, 0.05) is 36.5 Å². The third-order valence-electron chi connectivity index (χ3n) is 3.99. The van der Waals surface area contributed by atoms with Crippen molar-refractivity contribution in [1.82, 2.24) is 15.2 Å². The molecule has 1 aromatic carbocycles. The molecule has 0 saturated heterocycles. The van der Waals surface area contributed by atoms with E-state index in [4.69, 9.17) is 5.11 Å². The Kier molecular flexibility index (Phi) is 5.80. The number of nitrogens with one attached hydrogen (secondary N) is 2. The Hall–Kier alpha value is -2.83. The smallest absolute Gasteiger partial charge is 0.323 e. The Morgan fingerprint density at radius 1 is 1.24 bits per heavy atom. The van der Waals surface area contributed by atoms with Crippen LogP contribution < -0.4 is 5.32 Å². The van der Waals surface area contributed by atoms with Crippen molar-refractivity contribution in [3.05, 3.63) is 36.0 Å². The molecule has 1 unspecified atom stereocenters. The highest BCUT2D eigenvalue weighted by Crippen LogP contribution is 2.19. The SMILES string of the molecule is CC(C)C(=O)NC(Cc1c[nH]c2ccccc12)C(=O)N(C)CC(=O)O. The molecule has 0 aliphatic heterocycles. The highest BCUT2D eigenvalue weighted by Gasteiger charge is 2.27. The van der Waals surface area contributed by atoms with Crippen LogP contribution in [0.2, 0.25) is 0 Å². The molecule has 2 rings (SSSR count). The number of carbonyl (C=O) groups excluding carboxylic acids is 2. The van der Waals surface area contributed by atoms with E-state index in [1.165, 1.54) is 7.05 Å². The van der Waals surface area contributed by atoms with E-state index >= 15 is 0 Å². The van der Waals surface area contributed by atoms with Crippen molar-refractivity contribution in [3.8, 4) is 0 Å². The Labute approximate surface area is 146 Å². The highest BCUT2D eigenvalue weighted by molar-refractivity contribution is 5.91. The topological polar surface area (TPSA) is 103 Å². The van der Waals surface area contributed by atoms with Gasteiger partial charge in [-0.3, -0.25) is 14.4 Å². The third kappa shape index (κ3) is 4.59. The number of carboxylic acid groups (broad SMARTS) is 1. The molecular weight excluding hydrogens is 322 g/mol. The lowest BCUT2D eigenvalue weighted by Gasteiger charge is -2.24. The first-order chi connectivity index (χ1) is 11.8. The molecule has 3 N–H and O–H groups in total. The van der Waals surface area contributed by atoms with Gasteiger partial charge in [-0.1, -0.05) is 32.0 Å². The van der Waals surface area contributed by atoms with Gasteiger partial charge in [-0.15, -0.1) is 0 Å². The molecule has 0 radical (unpaired) electrons. The number of fused-ring (bicyclic) bond motifs is 1. The summed E-state index contributed by atoms with van der Waals surface area (Å²) in [5, 5.41) is 12.6. The maximum atomic E-state index is 12.6. The number of H-pyrrole nitrogens is 1. The minimum absolute atomic E-state index is 0.248. The molecule has 1 heterocycles. The number of amides is 2. The summed E-state index contributed by atoms with van der Waals surface area (Å²) in [6.07, 6.45) is 2.09. The summed E-state index contributed by atoms with van der Waals surface area (Å²) in [4.78, 5) is 39.8. The number of aromatic nitrogens is 1. The number of para-hydroxylation sites is 1. The summed E-state index contributed by atoms with van der Waals surface area (Å²) < 4.78 is 0. The monoisotopic (exact) mass is 345 g/mol. The van der Waals surface area contributed by atoms with Crippen LogP contribution in [-0.4, -0.2) is 52.4 Å². The van der Waals surface area contributed by atoms with E-state index in [2.05, 4.69) is 10.3 Å². The number of rotatable bonds is 7. The number of likely N-dealkylation sites (N-methyl/N-ethyl adjacent to an activating group) is 1. The lowest BCUT2D eigenvalue weighted by Crippen LogP contribution is -2.50. The van der Waals surface area contributed by atoms with E-state index < -0.39 is 24.5 Å². The first kappa shape index (κ1) is 18.5. The normalized spacial score (nSPS) is 12.2. The van der Waals surface area contributed by atoms with Crippen molar-refractivity contribution in [2.75, 3.05) is 13.6 Å². The molecule has 7 nitrogen and oxygen atoms in total. The molecule has 0 spiro atoms. The first-order valence-corrected chi connectivity index (χ1v) is 8.11. The quantitative estimate of drug-likeness (QED) is 0.706. The average Bonchev–Trinajstić information content (AvgIpc) is 2.96. The van der Waals surface area contributed by atoms with Crippen LogP contribution in [-0.2, 0) is 20.8 Å². The molecule has 134 valence electrons. The van der Waals surface area contributed by atoms with Crippen LogP contribution in [0.15, 0.2) is 30.5 Å². The van der Waals surface area contributed by atoms with E-state index in [1.807, 2.05) is 30.5 Å². The predicted molar refractivity (Wildman–Crippen MR) is 94.0 cm³/mol. The van der Waals surface area contributed by atoms with E-state index in [9.17, 15) is 14.4 Å². The number of aromatic amines is 1. The lowest BCUT2D eigenvalue weighted by atomic mass is 10.0. The molecule has 25 heavy (non-hydrogen) atoms. The summed E-state index contributed by atoms with van der Waals surface area (Å²) >= 11 is 0. The van der Waals surface area contributed by atoms with Crippen LogP contribution in [0.25, 0.3) is 10.9 Å². The van der Waals surface area contributed by atoms with Gasteiger partial charge in [0.15, 0.2) is 0 Å². The molecule has 0 saturated carbocycles. The van der Waals surface area contributed by atoms with E-state index in [0.29, 0.717) is 0 Å². The summed E-state index contributed by atoms with van der Waals surface area (Å²) in [6.45, 7) is 3.06. The van der Waals surface area contributed by atoms with Gasteiger partial charge < -0.3 is 20.3 Å². The predicted octanol–water partition coefficient (Wildman–Crippen LogP) is 1.39. The van der Waals surface area contributed by atoms with Crippen LogP contribution in [0.1, 0.15) is 19.4 Å². The summed E-state index contributed by atoms with van der Waals surface area (Å²) in [5.41, 5.74) is 1.83. The summed E-state index contributed by atoms with van der Waals surface area (Å²) in [6, 6.07) is 6.86. The minimum atomic E-state index is -1.10. The number of carboxylic acids is 1. The average molecular weight is 345 g/mol. The van der Waals surface area contributed by atoms with Crippen molar-refractivity contribution >= 4 is 28.7 Å². The van der Waals surface area contributed by atoms with Crippen LogP contribution in [0.5, 0.6) is 0 Å². The molecule has 2 aromatic rings. The third-order valence-corrected chi connectivity index (χ3v) is 3.99. The number of hydrogen-bond donors (Lipinski definition) is 3. The van der Waals surface area contributed by atoms with E-state index in [1.54, 1.807) is 13.8 Å². The van der Waals surface area contributed by atoms with Gasteiger partial charge in [-0.05, 0) is 11.6 Å². The maximum Gasteiger partial charge on any atom is 0.323 e. The lowest BCUT2D eigenvalue weighted by molar-refractivity contribution is -0.144. The van der Waals surface area contributed by atoms with Gasteiger partial charge in [0.1, 0.15) is 12.6 Å². The molecule has 2 amide bonds. The van der Waals surface area contributed by atoms with Crippen LogP contribution in [0.4, 0.5) is 0 Å².